The van der Waals surface area contributed by atoms with Crippen LogP contribution in [0.3, 0.4) is 0 Å². The second kappa shape index (κ2) is 6.39. The first-order chi connectivity index (χ1) is 8.82. The van der Waals surface area contributed by atoms with Crippen molar-refractivity contribution in [2.24, 2.45) is 0 Å². The standard InChI is InChI=1S/C14H24N2O2S/c1-5-11-14(3,4)16-19(17,18)13-10-8-7-9-12(13)15-6-2/h7-10,15-16H,5-6,11H2,1-4H3. The van der Waals surface area contributed by atoms with Gasteiger partial charge in [0.15, 0.2) is 0 Å². The van der Waals surface area contributed by atoms with Crippen LogP contribution in [0.5, 0.6) is 0 Å². The van der Waals surface area contributed by atoms with Crippen LogP contribution in [0.25, 0.3) is 0 Å². The van der Waals surface area contributed by atoms with E-state index in [1.165, 1.54) is 0 Å². The van der Waals surface area contributed by atoms with Gasteiger partial charge in [-0.1, -0.05) is 25.5 Å². The van der Waals surface area contributed by atoms with Crippen molar-refractivity contribution in [2.75, 3.05) is 11.9 Å². The van der Waals surface area contributed by atoms with E-state index < -0.39 is 15.6 Å². The molecule has 0 bridgehead atoms. The van der Waals surface area contributed by atoms with Crippen LogP contribution in [0.4, 0.5) is 5.69 Å². The summed E-state index contributed by atoms with van der Waals surface area (Å²) in [7, 11) is -3.51. The molecule has 0 heterocycles. The Morgan fingerprint density at radius 1 is 1.16 bits per heavy atom. The summed E-state index contributed by atoms with van der Waals surface area (Å²) in [4.78, 5) is 0.307. The number of anilines is 1. The van der Waals surface area contributed by atoms with E-state index in [0.717, 1.165) is 12.8 Å². The van der Waals surface area contributed by atoms with Crippen molar-refractivity contribution < 1.29 is 8.42 Å². The molecule has 19 heavy (non-hydrogen) atoms. The molecule has 0 saturated carbocycles. The Kier molecular flexibility index (Phi) is 5.38. The molecule has 0 atom stereocenters. The quantitative estimate of drug-likeness (QED) is 0.809. The summed E-state index contributed by atoms with van der Waals surface area (Å²) in [5, 5.41) is 3.08. The van der Waals surface area contributed by atoms with Gasteiger partial charge in [0.25, 0.3) is 0 Å². The van der Waals surface area contributed by atoms with E-state index in [-0.39, 0.29) is 0 Å². The average molecular weight is 284 g/mol. The zero-order valence-electron chi connectivity index (χ0n) is 12.2. The van der Waals surface area contributed by atoms with E-state index >= 15 is 0 Å². The smallest absolute Gasteiger partial charge is 0.243 e. The number of hydrogen-bond donors (Lipinski definition) is 2. The molecule has 1 aromatic carbocycles. The lowest BCUT2D eigenvalue weighted by Crippen LogP contribution is -2.43. The minimum absolute atomic E-state index is 0.307. The predicted octanol–water partition coefficient (Wildman–Crippen LogP) is 2.98. The second-order valence-corrected chi connectivity index (χ2v) is 6.92. The van der Waals surface area contributed by atoms with Crippen molar-refractivity contribution in [3.63, 3.8) is 0 Å². The molecule has 0 aliphatic rings. The Hall–Kier alpha value is -1.07. The second-order valence-electron chi connectivity index (χ2n) is 5.27. The molecule has 0 aliphatic heterocycles. The third kappa shape index (κ3) is 4.51. The zero-order valence-corrected chi connectivity index (χ0v) is 13.0. The highest BCUT2D eigenvalue weighted by Crippen LogP contribution is 2.23. The first-order valence-electron chi connectivity index (χ1n) is 6.69. The minimum Gasteiger partial charge on any atom is -0.384 e. The third-order valence-corrected chi connectivity index (χ3v) is 4.59. The Morgan fingerprint density at radius 3 is 2.37 bits per heavy atom. The van der Waals surface area contributed by atoms with Crippen molar-refractivity contribution >= 4 is 15.7 Å². The van der Waals surface area contributed by atoms with E-state index in [2.05, 4.69) is 10.0 Å². The molecule has 0 spiro atoms. The first-order valence-corrected chi connectivity index (χ1v) is 8.17. The van der Waals surface area contributed by atoms with Crippen molar-refractivity contribution in [3.05, 3.63) is 24.3 Å². The molecule has 108 valence electrons. The molecule has 1 aromatic rings. The van der Waals surface area contributed by atoms with Gasteiger partial charge >= 0.3 is 0 Å². The Balaban J connectivity index is 3.07. The van der Waals surface area contributed by atoms with Crippen LogP contribution in [-0.4, -0.2) is 20.5 Å². The highest BCUT2D eigenvalue weighted by Gasteiger charge is 2.26. The molecule has 0 saturated heterocycles. The van der Waals surface area contributed by atoms with Gasteiger partial charge in [0.05, 0.1) is 5.69 Å². The van der Waals surface area contributed by atoms with E-state index in [1.807, 2.05) is 33.8 Å². The van der Waals surface area contributed by atoms with Gasteiger partial charge in [-0.25, -0.2) is 13.1 Å². The van der Waals surface area contributed by atoms with Crippen LogP contribution in [0, 0.1) is 0 Å². The van der Waals surface area contributed by atoms with Crippen molar-refractivity contribution in [3.8, 4) is 0 Å². The maximum absolute atomic E-state index is 12.5. The lowest BCUT2D eigenvalue weighted by Gasteiger charge is -2.26. The summed E-state index contributed by atoms with van der Waals surface area (Å²) in [6.45, 7) is 8.49. The monoisotopic (exact) mass is 284 g/mol. The molecule has 0 unspecified atom stereocenters. The molecule has 1 rings (SSSR count). The number of hydrogen-bond acceptors (Lipinski definition) is 3. The number of sulfonamides is 1. The summed E-state index contributed by atoms with van der Waals surface area (Å²) in [5.74, 6) is 0. The van der Waals surface area contributed by atoms with Gasteiger partial charge in [-0.3, -0.25) is 0 Å². The zero-order chi connectivity index (χ0) is 14.5. The molecular weight excluding hydrogens is 260 g/mol. The third-order valence-electron chi connectivity index (χ3n) is 2.83. The lowest BCUT2D eigenvalue weighted by molar-refractivity contribution is 0.418. The fourth-order valence-corrected chi connectivity index (χ4v) is 3.76. The average Bonchev–Trinajstić information content (AvgIpc) is 2.28. The van der Waals surface area contributed by atoms with Crippen molar-refractivity contribution in [2.45, 2.75) is 51.0 Å². The van der Waals surface area contributed by atoms with E-state index in [0.29, 0.717) is 17.1 Å². The molecule has 5 heteroatoms. The van der Waals surface area contributed by atoms with Gasteiger partial charge in [0, 0.05) is 12.1 Å². The Bertz CT molecular complexity index is 510. The first kappa shape index (κ1) is 16.0. The van der Waals surface area contributed by atoms with E-state index in [1.54, 1.807) is 18.2 Å². The maximum Gasteiger partial charge on any atom is 0.243 e. The van der Waals surface area contributed by atoms with Gasteiger partial charge in [0.2, 0.25) is 10.0 Å². The summed E-state index contributed by atoms with van der Waals surface area (Å²) in [6.07, 6.45) is 1.74. The molecular formula is C14H24N2O2S. The van der Waals surface area contributed by atoms with E-state index in [4.69, 9.17) is 0 Å². The summed E-state index contributed by atoms with van der Waals surface area (Å²) in [5.41, 5.74) is 0.206. The SMILES string of the molecule is CCCC(C)(C)NS(=O)(=O)c1ccccc1NCC. The van der Waals surface area contributed by atoms with Crippen molar-refractivity contribution in [1.82, 2.24) is 4.72 Å². The number of nitrogens with one attached hydrogen (secondary N) is 2. The van der Waals surface area contributed by atoms with Crippen LogP contribution in [0.15, 0.2) is 29.2 Å². The van der Waals surface area contributed by atoms with Gasteiger partial charge in [-0.2, -0.15) is 0 Å². The Morgan fingerprint density at radius 2 is 1.79 bits per heavy atom. The van der Waals surface area contributed by atoms with Gasteiger partial charge in [0.1, 0.15) is 4.90 Å². The summed E-state index contributed by atoms with van der Waals surface area (Å²) >= 11 is 0. The molecule has 4 nitrogen and oxygen atoms in total. The Labute approximate surface area is 116 Å². The fraction of sp³-hybridized carbons (Fsp3) is 0.571. The highest BCUT2D eigenvalue weighted by molar-refractivity contribution is 7.89. The molecule has 0 amide bonds. The topological polar surface area (TPSA) is 58.2 Å². The summed E-state index contributed by atoms with van der Waals surface area (Å²) in [6, 6.07) is 6.98. The van der Waals surface area contributed by atoms with Crippen molar-refractivity contribution in [1.29, 1.82) is 0 Å². The molecule has 0 aliphatic carbocycles. The van der Waals surface area contributed by atoms with Gasteiger partial charge in [-0.15, -0.1) is 0 Å². The van der Waals surface area contributed by atoms with Crippen LogP contribution >= 0.6 is 0 Å². The maximum atomic E-state index is 12.5. The van der Waals surface area contributed by atoms with Gasteiger partial charge < -0.3 is 5.32 Å². The largest absolute Gasteiger partial charge is 0.384 e. The highest BCUT2D eigenvalue weighted by atomic mass is 32.2. The molecule has 0 radical (unpaired) electrons. The fourth-order valence-electron chi connectivity index (χ4n) is 2.13. The van der Waals surface area contributed by atoms with E-state index in [9.17, 15) is 8.42 Å². The molecule has 0 fully saturated rings. The number of benzene rings is 1. The van der Waals surface area contributed by atoms with Crippen LogP contribution in [-0.2, 0) is 10.0 Å². The lowest BCUT2D eigenvalue weighted by atomic mass is 10.0. The summed E-state index contributed by atoms with van der Waals surface area (Å²) < 4.78 is 27.7. The molecule has 2 N–H and O–H groups in total. The number of para-hydroxylation sites is 1. The minimum atomic E-state index is -3.51. The predicted molar refractivity (Wildman–Crippen MR) is 79.9 cm³/mol. The normalized spacial score (nSPS) is 12.4. The van der Waals surface area contributed by atoms with Crippen LogP contribution in [0.2, 0.25) is 0 Å². The molecule has 0 aromatic heterocycles. The van der Waals surface area contributed by atoms with Crippen LogP contribution in [0.1, 0.15) is 40.5 Å². The van der Waals surface area contributed by atoms with Crippen LogP contribution < -0.4 is 10.0 Å². The number of rotatable bonds is 7. The van der Waals surface area contributed by atoms with Gasteiger partial charge in [-0.05, 0) is 39.3 Å².